The van der Waals surface area contributed by atoms with Crippen molar-refractivity contribution >= 4 is 34.8 Å². The number of hydrogen-bond acceptors (Lipinski definition) is 3. The van der Waals surface area contributed by atoms with Crippen LogP contribution >= 0.6 is 23.2 Å². The predicted molar refractivity (Wildman–Crippen MR) is 77.3 cm³/mol. The van der Waals surface area contributed by atoms with Gasteiger partial charge in [-0.15, -0.1) is 0 Å². The molecular weight excluding hydrogens is 325 g/mol. The van der Waals surface area contributed by atoms with Crippen molar-refractivity contribution in [3.63, 3.8) is 0 Å². The number of amides is 1. The highest BCUT2D eigenvalue weighted by Gasteiger charge is 2.22. The molecule has 21 heavy (non-hydrogen) atoms. The third-order valence-electron chi connectivity index (χ3n) is 3.14. The quantitative estimate of drug-likeness (QED) is 0.882. The Morgan fingerprint density at radius 2 is 2.05 bits per heavy atom. The molecule has 0 radical (unpaired) electrons. The molecular formula is C13H14Cl2F2N2O2. The number of halogens is 4. The molecule has 8 heteroatoms. The van der Waals surface area contributed by atoms with E-state index in [9.17, 15) is 13.6 Å². The zero-order valence-electron chi connectivity index (χ0n) is 11.0. The SMILES string of the molecule is O=C(Nc1cc(Cl)c(OC(F)F)c(Cl)c1)C1CCCNC1. The third kappa shape index (κ3) is 4.43. The standard InChI is InChI=1S/C13H14Cl2F2N2O2/c14-9-4-8(5-10(15)11(9)21-13(16)17)19-12(20)7-2-1-3-18-6-7/h4-5,7,13,18H,1-3,6H2,(H,19,20). The molecule has 1 aliphatic heterocycles. The lowest BCUT2D eigenvalue weighted by molar-refractivity contribution is -0.120. The van der Waals surface area contributed by atoms with Gasteiger partial charge in [-0.25, -0.2) is 0 Å². The van der Waals surface area contributed by atoms with Gasteiger partial charge in [0.05, 0.1) is 16.0 Å². The molecule has 0 bridgehead atoms. The average Bonchev–Trinajstić information content (AvgIpc) is 2.43. The van der Waals surface area contributed by atoms with E-state index in [4.69, 9.17) is 23.2 Å². The van der Waals surface area contributed by atoms with Crippen LogP contribution in [0.4, 0.5) is 14.5 Å². The fourth-order valence-electron chi connectivity index (χ4n) is 2.15. The van der Waals surface area contributed by atoms with Gasteiger partial charge >= 0.3 is 6.61 Å². The van der Waals surface area contributed by atoms with Gasteiger partial charge in [0.15, 0.2) is 5.75 Å². The van der Waals surface area contributed by atoms with Crippen molar-refractivity contribution in [1.82, 2.24) is 5.32 Å². The molecule has 1 unspecified atom stereocenters. The molecule has 4 nitrogen and oxygen atoms in total. The Morgan fingerprint density at radius 3 is 2.57 bits per heavy atom. The van der Waals surface area contributed by atoms with Crippen LogP contribution in [0, 0.1) is 5.92 Å². The summed E-state index contributed by atoms with van der Waals surface area (Å²) in [5.74, 6) is -0.587. The van der Waals surface area contributed by atoms with Gasteiger partial charge in [-0.1, -0.05) is 23.2 Å². The molecule has 1 aliphatic rings. The fourth-order valence-corrected chi connectivity index (χ4v) is 2.73. The van der Waals surface area contributed by atoms with Gasteiger partial charge in [0.1, 0.15) is 0 Å². The van der Waals surface area contributed by atoms with Crippen LogP contribution in [0.5, 0.6) is 5.75 Å². The summed E-state index contributed by atoms with van der Waals surface area (Å²) in [6, 6.07) is 2.67. The van der Waals surface area contributed by atoms with Crippen LogP contribution in [0.25, 0.3) is 0 Å². The van der Waals surface area contributed by atoms with Crippen molar-refractivity contribution in [1.29, 1.82) is 0 Å². The van der Waals surface area contributed by atoms with Gasteiger partial charge < -0.3 is 15.4 Å². The minimum atomic E-state index is -3.02. The summed E-state index contributed by atoms with van der Waals surface area (Å²) in [6.45, 7) is -1.50. The largest absolute Gasteiger partial charge is 0.432 e. The van der Waals surface area contributed by atoms with Crippen LogP contribution in [-0.2, 0) is 4.79 Å². The van der Waals surface area contributed by atoms with E-state index in [1.54, 1.807) is 0 Å². The Morgan fingerprint density at radius 1 is 1.38 bits per heavy atom. The van der Waals surface area contributed by atoms with E-state index in [0.717, 1.165) is 19.4 Å². The summed E-state index contributed by atoms with van der Waals surface area (Å²) in [5, 5.41) is 5.65. The van der Waals surface area contributed by atoms with E-state index in [2.05, 4.69) is 15.4 Å². The minimum Gasteiger partial charge on any atom is -0.432 e. The minimum absolute atomic E-state index is 0.0835. The van der Waals surface area contributed by atoms with Gasteiger partial charge in [0.25, 0.3) is 0 Å². The van der Waals surface area contributed by atoms with Crippen molar-refractivity contribution in [3.05, 3.63) is 22.2 Å². The number of nitrogens with one attached hydrogen (secondary N) is 2. The average molecular weight is 339 g/mol. The first-order chi connectivity index (χ1) is 9.97. The number of anilines is 1. The smallest absolute Gasteiger partial charge is 0.387 e. The lowest BCUT2D eigenvalue weighted by Gasteiger charge is -2.22. The van der Waals surface area contributed by atoms with Crippen LogP contribution < -0.4 is 15.4 Å². The van der Waals surface area contributed by atoms with E-state index in [1.165, 1.54) is 12.1 Å². The summed E-state index contributed by atoms with van der Waals surface area (Å²) in [4.78, 5) is 12.1. The third-order valence-corrected chi connectivity index (χ3v) is 3.70. The molecule has 1 atom stereocenters. The van der Waals surface area contributed by atoms with Gasteiger partial charge in [-0.2, -0.15) is 8.78 Å². The molecule has 1 heterocycles. The van der Waals surface area contributed by atoms with Gasteiger partial charge in [0.2, 0.25) is 5.91 Å². The normalized spacial score (nSPS) is 18.6. The van der Waals surface area contributed by atoms with E-state index >= 15 is 0 Å². The molecule has 2 N–H and O–H groups in total. The second kappa shape index (κ2) is 7.24. The molecule has 1 aromatic rings. The number of rotatable bonds is 4. The van der Waals surface area contributed by atoms with Crippen LogP contribution in [0.1, 0.15) is 12.8 Å². The summed E-state index contributed by atoms with van der Waals surface area (Å²) >= 11 is 11.7. The molecule has 0 spiro atoms. The maximum absolute atomic E-state index is 12.2. The summed E-state index contributed by atoms with van der Waals surface area (Å²) in [5.41, 5.74) is 0.349. The first kappa shape index (κ1) is 16.3. The Bertz CT molecular complexity index is 500. The summed E-state index contributed by atoms with van der Waals surface area (Å²) < 4.78 is 28.7. The zero-order valence-corrected chi connectivity index (χ0v) is 12.5. The number of carbonyl (C=O) groups is 1. The van der Waals surface area contributed by atoms with Crippen LogP contribution in [0.3, 0.4) is 0 Å². The summed E-state index contributed by atoms with van der Waals surface area (Å²) in [6.07, 6.45) is 1.73. The second-order valence-corrected chi connectivity index (χ2v) is 5.49. The number of ether oxygens (including phenoxy) is 1. The Kier molecular flexibility index (Phi) is 5.61. The number of piperidine rings is 1. The van der Waals surface area contributed by atoms with E-state index in [1.807, 2.05) is 0 Å². The lowest BCUT2D eigenvalue weighted by Crippen LogP contribution is -2.37. The van der Waals surface area contributed by atoms with E-state index in [-0.39, 0.29) is 27.6 Å². The monoisotopic (exact) mass is 338 g/mol. The maximum Gasteiger partial charge on any atom is 0.387 e. The number of hydrogen-bond donors (Lipinski definition) is 2. The topological polar surface area (TPSA) is 50.4 Å². The van der Waals surface area contributed by atoms with Crippen molar-refractivity contribution < 1.29 is 18.3 Å². The highest BCUT2D eigenvalue weighted by atomic mass is 35.5. The van der Waals surface area contributed by atoms with Crippen molar-refractivity contribution in [2.45, 2.75) is 19.5 Å². The molecule has 116 valence electrons. The van der Waals surface area contributed by atoms with Gasteiger partial charge in [-0.05, 0) is 31.5 Å². The van der Waals surface area contributed by atoms with Crippen LogP contribution in [0.15, 0.2) is 12.1 Å². The molecule has 0 aliphatic carbocycles. The molecule has 0 saturated carbocycles. The summed E-state index contributed by atoms with van der Waals surface area (Å²) in [7, 11) is 0. The van der Waals surface area contributed by atoms with Crippen molar-refractivity contribution in [3.8, 4) is 5.75 Å². The Balaban J connectivity index is 2.08. The lowest BCUT2D eigenvalue weighted by atomic mass is 9.99. The molecule has 1 amide bonds. The molecule has 2 rings (SSSR count). The molecule has 1 aromatic carbocycles. The first-order valence-electron chi connectivity index (χ1n) is 6.43. The highest BCUT2D eigenvalue weighted by Crippen LogP contribution is 2.37. The zero-order chi connectivity index (χ0) is 15.4. The first-order valence-corrected chi connectivity index (χ1v) is 7.18. The predicted octanol–water partition coefficient (Wildman–Crippen LogP) is 3.53. The maximum atomic E-state index is 12.2. The van der Waals surface area contributed by atoms with Crippen molar-refractivity contribution in [2.75, 3.05) is 18.4 Å². The molecule has 1 saturated heterocycles. The van der Waals surface area contributed by atoms with Crippen LogP contribution in [-0.4, -0.2) is 25.6 Å². The van der Waals surface area contributed by atoms with E-state index in [0.29, 0.717) is 12.2 Å². The van der Waals surface area contributed by atoms with Gasteiger partial charge in [-0.3, -0.25) is 4.79 Å². The van der Waals surface area contributed by atoms with E-state index < -0.39 is 6.61 Å². The Labute approximate surface area is 130 Å². The second-order valence-electron chi connectivity index (χ2n) is 4.68. The fraction of sp³-hybridized carbons (Fsp3) is 0.462. The van der Waals surface area contributed by atoms with Crippen LogP contribution in [0.2, 0.25) is 10.0 Å². The van der Waals surface area contributed by atoms with Gasteiger partial charge in [0, 0.05) is 12.2 Å². The Hall–Kier alpha value is -1.11. The number of benzene rings is 1. The molecule has 0 aromatic heterocycles. The molecule has 1 fully saturated rings. The number of alkyl halides is 2. The van der Waals surface area contributed by atoms with Crippen molar-refractivity contribution in [2.24, 2.45) is 5.92 Å². The highest BCUT2D eigenvalue weighted by molar-refractivity contribution is 6.37. The number of carbonyl (C=O) groups excluding carboxylic acids is 1.